The summed E-state index contributed by atoms with van der Waals surface area (Å²) in [5.74, 6) is 0.372. The van der Waals surface area contributed by atoms with E-state index in [2.05, 4.69) is 26.2 Å². The van der Waals surface area contributed by atoms with Crippen molar-refractivity contribution in [1.82, 2.24) is 10.3 Å². The summed E-state index contributed by atoms with van der Waals surface area (Å²) in [5, 5.41) is 11.9. The Labute approximate surface area is 115 Å². The number of aliphatic hydroxyl groups excluding tert-OH is 1. The average molecular weight is 316 g/mol. The summed E-state index contributed by atoms with van der Waals surface area (Å²) >= 11 is 3.30. The van der Waals surface area contributed by atoms with Crippen molar-refractivity contribution >= 4 is 27.7 Å². The number of hydrogen-bond donors (Lipinski definition) is 2. The Kier molecular flexibility index (Phi) is 5.55. The van der Waals surface area contributed by atoms with Crippen LogP contribution < -0.4 is 10.2 Å². The maximum atomic E-state index is 12.1. The summed E-state index contributed by atoms with van der Waals surface area (Å²) in [6.45, 7) is 1.84. The van der Waals surface area contributed by atoms with E-state index in [0.717, 1.165) is 4.47 Å². The number of hydrogen-bond acceptors (Lipinski definition) is 4. The fourth-order valence-corrected chi connectivity index (χ4v) is 1.83. The van der Waals surface area contributed by atoms with Crippen LogP contribution in [0, 0.1) is 0 Å². The Morgan fingerprint density at radius 3 is 2.78 bits per heavy atom. The fraction of sp³-hybridized carbons (Fsp3) is 0.500. The predicted molar refractivity (Wildman–Crippen MR) is 74.9 cm³/mol. The van der Waals surface area contributed by atoms with E-state index in [1.807, 2.05) is 21.0 Å². The minimum absolute atomic E-state index is 0.0685. The second-order valence-corrected chi connectivity index (χ2v) is 5.10. The van der Waals surface area contributed by atoms with Gasteiger partial charge in [-0.1, -0.05) is 6.92 Å². The predicted octanol–water partition coefficient (Wildman–Crippen LogP) is 1.41. The molecule has 0 spiro atoms. The summed E-state index contributed by atoms with van der Waals surface area (Å²) < 4.78 is 0.746. The number of carbonyl (C=O) groups is 1. The molecule has 1 aromatic rings. The van der Waals surface area contributed by atoms with Crippen LogP contribution in [0.25, 0.3) is 0 Å². The van der Waals surface area contributed by atoms with E-state index in [0.29, 0.717) is 17.8 Å². The molecule has 0 aliphatic heterocycles. The smallest absolute Gasteiger partial charge is 0.255 e. The van der Waals surface area contributed by atoms with Gasteiger partial charge >= 0.3 is 0 Å². The molecule has 0 aliphatic carbocycles. The number of nitrogens with one attached hydrogen (secondary N) is 1. The zero-order valence-corrected chi connectivity index (χ0v) is 12.4. The molecule has 1 heterocycles. The minimum atomic E-state index is -0.230. The van der Waals surface area contributed by atoms with Gasteiger partial charge in [-0.2, -0.15) is 0 Å². The molecule has 0 bridgehead atoms. The van der Waals surface area contributed by atoms with Crippen LogP contribution in [-0.4, -0.2) is 42.7 Å². The quantitative estimate of drug-likeness (QED) is 0.862. The number of amides is 1. The number of nitrogens with zero attached hydrogens (tertiary/aromatic N) is 2. The van der Waals surface area contributed by atoms with Crippen LogP contribution >= 0.6 is 15.9 Å². The largest absolute Gasteiger partial charge is 0.394 e. The Morgan fingerprint density at radius 1 is 1.61 bits per heavy atom. The average Bonchev–Trinajstić information content (AvgIpc) is 2.35. The van der Waals surface area contributed by atoms with Crippen LogP contribution in [0.3, 0.4) is 0 Å². The molecule has 1 unspecified atom stereocenters. The molecule has 5 nitrogen and oxygen atoms in total. The number of anilines is 1. The molecule has 2 N–H and O–H groups in total. The molecule has 1 aromatic heterocycles. The van der Waals surface area contributed by atoms with Crippen molar-refractivity contribution < 1.29 is 9.90 Å². The normalized spacial score (nSPS) is 12.1. The summed E-state index contributed by atoms with van der Waals surface area (Å²) in [6.07, 6.45) is 2.33. The summed E-state index contributed by atoms with van der Waals surface area (Å²) in [5.41, 5.74) is 0.487. The first-order chi connectivity index (χ1) is 8.49. The van der Waals surface area contributed by atoms with Crippen LogP contribution in [-0.2, 0) is 0 Å². The standard InChI is InChI=1S/C12H18BrN3O2/c1-4-9(7-17)15-12(18)10-5-8(13)6-14-11(10)16(2)3/h5-6,9,17H,4,7H2,1-3H3,(H,15,18). The third-order valence-corrected chi connectivity index (χ3v) is 2.98. The SMILES string of the molecule is CCC(CO)NC(=O)c1cc(Br)cnc1N(C)C. The van der Waals surface area contributed by atoms with Gasteiger partial charge in [-0.05, 0) is 28.4 Å². The van der Waals surface area contributed by atoms with Crippen LogP contribution in [0.1, 0.15) is 23.7 Å². The van der Waals surface area contributed by atoms with E-state index in [9.17, 15) is 4.79 Å². The van der Waals surface area contributed by atoms with E-state index in [1.54, 1.807) is 17.2 Å². The first-order valence-corrected chi connectivity index (χ1v) is 6.53. The number of aliphatic hydroxyl groups is 1. The van der Waals surface area contributed by atoms with Gasteiger partial charge in [0.05, 0.1) is 18.2 Å². The fourth-order valence-electron chi connectivity index (χ4n) is 1.50. The highest BCUT2D eigenvalue weighted by atomic mass is 79.9. The first-order valence-electron chi connectivity index (χ1n) is 5.74. The highest BCUT2D eigenvalue weighted by Crippen LogP contribution is 2.20. The molecule has 0 radical (unpaired) electrons. The number of rotatable bonds is 5. The molecule has 0 fully saturated rings. The van der Waals surface area contributed by atoms with Gasteiger partial charge in [0, 0.05) is 24.8 Å². The summed E-state index contributed by atoms with van der Waals surface area (Å²) in [4.78, 5) is 18.1. The van der Waals surface area contributed by atoms with E-state index < -0.39 is 0 Å². The summed E-state index contributed by atoms with van der Waals surface area (Å²) in [6, 6.07) is 1.49. The number of pyridine rings is 1. The number of halogens is 1. The number of aromatic nitrogens is 1. The van der Waals surface area contributed by atoms with Crippen molar-refractivity contribution in [1.29, 1.82) is 0 Å². The van der Waals surface area contributed by atoms with Gasteiger partial charge in [0.1, 0.15) is 5.82 Å². The lowest BCUT2D eigenvalue weighted by Crippen LogP contribution is -2.37. The molecule has 6 heteroatoms. The Hall–Kier alpha value is -1.14. The van der Waals surface area contributed by atoms with Gasteiger partial charge in [0.2, 0.25) is 0 Å². The maximum absolute atomic E-state index is 12.1. The Bertz CT molecular complexity index is 420. The van der Waals surface area contributed by atoms with Gasteiger partial charge in [-0.25, -0.2) is 4.98 Å². The van der Waals surface area contributed by atoms with Crippen molar-refractivity contribution in [3.8, 4) is 0 Å². The Morgan fingerprint density at radius 2 is 2.28 bits per heavy atom. The minimum Gasteiger partial charge on any atom is -0.394 e. The lowest BCUT2D eigenvalue weighted by Gasteiger charge is -2.18. The molecule has 1 atom stereocenters. The van der Waals surface area contributed by atoms with E-state index >= 15 is 0 Å². The third kappa shape index (κ3) is 3.68. The zero-order valence-electron chi connectivity index (χ0n) is 10.8. The van der Waals surface area contributed by atoms with Gasteiger partial charge in [-0.15, -0.1) is 0 Å². The third-order valence-electron chi connectivity index (χ3n) is 2.55. The summed E-state index contributed by atoms with van der Waals surface area (Å²) in [7, 11) is 3.66. The molecular weight excluding hydrogens is 298 g/mol. The molecular formula is C12H18BrN3O2. The van der Waals surface area contributed by atoms with Gasteiger partial charge in [0.25, 0.3) is 5.91 Å². The molecule has 1 amide bonds. The van der Waals surface area contributed by atoms with Crippen molar-refractivity contribution in [2.45, 2.75) is 19.4 Å². The molecule has 0 aromatic carbocycles. The van der Waals surface area contributed by atoms with Crippen LogP contribution in [0.5, 0.6) is 0 Å². The van der Waals surface area contributed by atoms with Crippen molar-refractivity contribution in [2.24, 2.45) is 0 Å². The molecule has 0 saturated heterocycles. The van der Waals surface area contributed by atoms with Gasteiger partial charge < -0.3 is 15.3 Å². The lowest BCUT2D eigenvalue weighted by molar-refractivity contribution is 0.0915. The van der Waals surface area contributed by atoms with Gasteiger partial charge in [0.15, 0.2) is 0 Å². The second-order valence-electron chi connectivity index (χ2n) is 4.18. The topological polar surface area (TPSA) is 65.5 Å². The highest BCUT2D eigenvalue weighted by molar-refractivity contribution is 9.10. The monoisotopic (exact) mass is 315 g/mol. The Balaban J connectivity index is 3.00. The zero-order chi connectivity index (χ0) is 13.7. The maximum Gasteiger partial charge on any atom is 0.255 e. The number of carbonyl (C=O) groups excluding carboxylic acids is 1. The van der Waals surface area contributed by atoms with Gasteiger partial charge in [-0.3, -0.25) is 4.79 Å². The molecule has 0 aliphatic rings. The first kappa shape index (κ1) is 14.9. The molecule has 1 rings (SSSR count). The van der Waals surface area contributed by atoms with E-state index in [4.69, 9.17) is 5.11 Å². The lowest BCUT2D eigenvalue weighted by atomic mass is 10.2. The van der Waals surface area contributed by atoms with Crippen molar-refractivity contribution in [3.05, 3.63) is 22.3 Å². The highest BCUT2D eigenvalue weighted by Gasteiger charge is 2.17. The second kappa shape index (κ2) is 6.70. The van der Waals surface area contributed by atoms with Crippen LogP contribution in [0.2, 0.25) is 0 Å². The van der Waals surface area contributed by atoms with Crippen molar-refractivity contribution in [2.75, 3.05) is 25.6 Å². The van der Waals surface area contributed by atoms with E-state index in [1.165, 1.54) is 0 Å². The molecule has 100 valence electrons. The van der Waals surface area contributed by atoms with Crippen LogP contribution in [0.4, 0.5) is 5.82 Å². The van der Waals surface area contributed by atoms with E-state index in [-0.39, 0.29) is 18.6 Å². The van der Waals surface area contributed by atoms with Crippen LogP contribution in [0.15, 0.2) is 16.7 Å². The molecule has 18 heavy (non-hydrogen) atoms. The molecule has 0 saturated carbocycles. The van der Waals surface area contributed by atoms with Crippen molar-refractivity contribution in [3.63, 3.8) is 0 Å².